The van der Waals surface area contributed by atoms with Gasteiger partial charge in [0.1, 0.15) is 0 Å². The minimum Gasteiger partial charge on any atom is -0.399 e. The minimum absolute atomic E-state index is 0.102. The Labute approximate surface area is 135 Å². The number of fused-ring (bicyclic) bond motifs is 3. The van der Waals surface area contributed by atoms with Crippen LogP contribution in [-0.4, -0.2) is 46.2 Å². The number of carbonyl (C=O) groups is 1. The first kappa shape index (κ1) is 14.5. The Kier molecular flexibility index (Phi) is 3.49. The Morgan fingerprint density at radius 3 is 2.83 bits per heavy atom. The van der Waals surface area contributed by atoms with E-state index in [1.54, 1.807) is 12.1 Å². The van der Waals surface area contributed by atoms with Crippen LogP contribution in [-0.2, 0) is 0 Å². The summed E-state index contributed by atoms with van der Waals surface area (Å²) in [4.78, 5) is 15.1. The van der Waals surface area contributed by atoms with E-state index in [-0.39, 0.29) is 11.9 Å². The number of anilines is 1. The molecule has 2 bridgehead atoms. The second-order valence-electron chi connectivity index (χ2n) is 6.92. The summed E-state index contributed by atoms with van der Waals surface area (Å²) in [5.74, 6) is -0.102. The average Bonchev–Trinajstić information content (AvgIpc) is 2.91. The van der Waals surface area contributed by atoms with Gasteiger partial charge in [-0.25, -0.2) is 0 Å². The zero-order valence-corrected chi connectivity index (χ0v) is 13.4. The lowest BCUT2D eigenvalue weighted by atomic mass is 9.82. The van der Waals surface area contributed by atoms with Gasteiger partial charge in [-0.05, 0) is 50.9 Å². The van der Waals surface area contributed by atoms with E-state index in [9.17, 15) is 4.79 Å². The van der Waals surface area contributed by atoms with Crippen molar-refractivity contribution in [2.45, 2.75) is 50.2 Å². The van der Waals surface area contributed by atoms with Crippen molar-refractivity contribution >= 4 is 22.5 Å². The van der Waals surface area contributed by atoms with Crippen LogP contribution >= 0.6 is 0 Å². The number of nitrogen functional groups attached to an aromatic ring is 1. The molecule has 4 N–H and O–H groups in total. The first-order chi connectivity index (χ1) is 11.1. The van der Waals surface area contributed by atoms with Gasteiger partial charge in [-0.3, -0.25) is 9.89 Å². The molecule has 2 aliphatic heterocycles. The normalized spacial score (nSPS) is 28.0. The van der Waals surface area contributed by atoms with Crippen LogP contribution in [0.4, 0.5) is 5.69 Å². The number of benzene rings is 1. The number of hydrogen-bond acceptors (Lipinski definition) is 4. The lowest BCUT2D eigenvalue weighted by molar-refractivity contribution is 0.0462. The van der Waals surface area contributed by atoms with Crippen molar-refractivity contribution in [2.24, 2.45) is 0 Å². The van der Waals surface area contributed by atoms with Crippen LogP contribution in [0.2, 0.25) is 0 Å². The summed E-state index contributed by atoms with van der Waals surface area (Å²) in [5, 5.41) is 11.1. The summed E-state index contributed by atoms with van der Waals surface area (Å²) in [6, 6.07) is 6.90. The van der Waals surface area contributed by atoms with E-state index in [2.05, 4.69) is 27.5 Å². The van der Waals surface area contributed by atoms with E-state index in [4.69, 9.17) is 5.73 Å². The summed E-state index contributed by atoms with van der Waals surface area (Å²) >= 11 is 0. The molecule has 6 heteroatoms. The van der Waals surface area contributed by atoms with Crippen LogP contribution < -0.4 is 11.1 Å². The summed E-state index contributed by atoms with van der Waals surface area (Å²) in [7, 11) is 2.22. The first-order valence-electron chi connectivity index (χ1n) is 8.38. The number of H-pyrrole nitrogens is 1. The third kappa shape index (κ3) is 2.57. The Morgan fingerprint density at radius 2 is 2.09 bits per heavy atom. The van der Waals surface area contributed by atoms with Gasteiger partial charge < -0.3 is 16.0 Å². The van der Waals surface area contributed by atoms with Crippen LogP contribution in [0.1, 0.15) is 42.6 Å². The Balaban J connectivity index is 1.52. The molecule has 1 aromatic carbocycles. The van der Waals surface area contributed by atoms with Gasteiger partial charge in [-0.2, -0.15) is 5.10 Å². The quantitative estimate of drug-likeness (QED) is 0.739. The number of aromatic nitrogens is 2. The van der Waals surface area contributed by atoms with Crippen LogP contribution in [0.15, 0.2) is 18.2 Å². The van der Waals surface area contributed by atoms with Gasteiger partial charge in [-0.1, -0.05) is 6.42 Å². The fraction of sp³-hybridized carbons (Fsp3) is 0.529. The number of nitrogens with two attached hydrogens (primary N) is 1. The highest BCUT2D eigenvalue weighted by Crippen LogP contribution is 2.32. The number of carbonyl (C=O) groups excluding carboxylic acids is 1. The van der Waals surface area contributed by atoms with E-state index in [0.29, 0.717) is 23.5 Å². The molecule has 23 heavy (non-hydrogen) atoms. The highest BCUT2D eigenvalue weighted by Gasteiger charge is 2.36. The van der Waals surface area contributed by atoms with Gasteiger partial charge in [-0.15, -0.1) is 0 Å². The van der Waals surface area contributed by atoms with Crippen LogP contribution in [0.3, 0.4) is 0 Å². The molecule has 0 saturated carbocycles. The highest BCUT2D eigenvalue weighted by atomic mass is 16.2. The number of piperidine rings is 2. The number of rotatable bonds is 2. The van der Waals surface area contributed by atoms with Crippen LogP contribution in [0.25, 0.3) is 10.9 Å². The molecule has 2 aliphatic rings. The van der Waals surface area contributed by atoms with Gasteiger partial charge in [0.05, 0.1) is 5.52 Å². The molecule has 0 spiro atoms. The number of nitrogens with one attached hydrogen (secondary N) is 2. The minimum atomic E-state index is -0.102. The summed E-state index contributed by atoms with van der Waals surface area (Å²) in [6.07, 6.45) is 5.85. The lowest BCUT2D eigenvalue weighted by Crippen LogP contribution is -2.55. The molecule has 2 aromatic rings. The standard InChI is InChI=1S/C17H23N5O/c1-22-12-3-2-4-13(22)9-11(8-12)19-17(23)16-14-7-10(18)5-6-15(14)20-21-16/h5-7,11-13H,2-4,8-9,18H2,1H3,(H,19,23)(H,20,21)/t11?,12-,13+. The average molecular weight is 313 g/mol. The summed E-state index contributed by atoms with van der Waals surface area (Å²) in [5.41, 5.74) is 7.75. The molecule has 6 nitrogen and oxygen atoms in total. The molecular weight excluding hydrogens is 290 g/mol. The van der Waals surface area contributed by atoms with E-state index in [1.165, 1.54) is 19.3 Å². The van der Waals surface area contributed by atoms with E-state index in [1.807, 2.05) is 6.07 Å². The van der Waals surface area contributed by atoms with Crippen molar-refractivity contribution in [1.82, 2.24) is 20.4 Å². The molecule has 1 unspecified atom stereocenters. The maximum absolute atomic E-state index is 12.7. The Morgan fingerprint density at radius 1 is 1.35 bits per heavy atom. The molecule has 1 aromatic heterocycles. The van der Waals surface area contributed by atoms with E-state index < -0.39 is 0 Å². The molecule has 2 saturated heterocycles. The summed E-state index contributed by atoms with van der Waals surface area (Å²) in [6.45, 7) is 0. The van der Waals surface area contributed by atoms with Crippen molar-refractivity contribution in [1.29, 1.82) is 0 Å². The maximum Gasteiger partial charge on any atom is 0.272 e. The fourth-order valence-electron chi connectivity index (χ4n) is 4.19. The zero-order valence-electron chi connectivity index (χ0n) is 13.4. The molecule has 0 aliphatic carbocycles. The molecule has 1 amide bonds. The topological polar surface area (TPSA) is 87.0 Å². The molecule has 0 radical (unpaired) electrons. The molecule has 3 heterocycles. The van der Waals surface area contributed by atoms with Crippen LogP contribution in [0.5, 0.6) is 0 Å². The van der Waals surface area contributed by atoms with Crippen molar-refractivity contribution < 1.29 is 4.79 Å². The van der Waals surface area contributed by atoms with Gasteiger partial charge in [0.25, 0.3) is 5.91 Å². The van der Waals surface area contributed by atoms with Crippen molar-refractivity contribution in [2.75, 3.05) is 12.8 Å². The summed E-state index contributed by atoms with van der Waals surface area (Å²) < 4.78 is 0. The largest absolute Gasteiger partial charge is 0.399 e. The van der Waals surface area contributed by atoms with E-state index in [0.717, 1.165) is 23.7 Å². The van der Waals surface area contributed by atoms with Crippen molar-refractivity contribution in [3.63, 3.8) is 0 Å². The second-order valence-corrected chi connectivity index (χ2v) is 6.92. The molecule has 2 fully saturated rings. The van der Waals surface area contributed by atoms with Gasteiger partial charge >= 0.3 is 0 Å². The maximum atomic E-state index is 12.7. The number of aromatic amines is 1. The highest BCUT2D eigenvalue weighted by molar-refractivity contribution is 6.05. The lowest BCUT2D eigenvalue weighted by Gasteiger charge is -2.47. The third-order valence-corrected chi connectivity index (χ3v) is 5.48. The van der Waals surface area contributed by atoms with Gasteiger partial charge in [0.15, 0.2) is 5.69 Å². The molecule has 3 atom stereocenters. The third-order valence-electron chi connectivity index (χ3n) is 5.48. The predicted octanol–water partition coefficient (Wildman–Crippen LogP) is 1.89. The van der Waals surface area contributed by atoms with Crippen molar-refractivity contribution in [3.05, 3.63) is 23.9 Å². The predicted molar refractivity (Wildman–Crippen MR) is 90.2 cm³/mol. The molecule has 4 rings (SSSR count). The van der Waals surface area contributed by atoms with E-state index >= 15 is 0 Å². The van der Waals surface area contributed by atoms with Crippen molar-refractivity contribution in [3.8, 4) is 0 Å². The smallest absolute Gasteiger partial charge is 0.272 e. The fourth-order valence-corrected chi connectivity index (χ4v) is 4.19. The number of nitrogens with zero attached hydrogens (tertiary/aromatic N) is 2. The molecule has 122 valence electrons. The molecular formula is C17H23N5O. The number of hydrogen-bond donors (Lipinski definition) is 3. The van der Waals surface area contributed by atoms with Crippen LogP contribution in [0, 0.1) is 0 Å². The monoisotopic (exact) mass is 313 g/mol. The first-order valence-corrected chi connectivity index (χ1v) is 8.38. The van der Waals surface area contributed by atoms with Gasteiger partial charge in [0.2, 0.25) is 0 Å². The second kappa shape index (κ2) is 5.53. The zero-order chi connectivity index (χ0) is 16.0. The Hall–Kier alpha value is -2.08. The van der Waals surface area contributed by atoms with Gasteiger partial charge in [0, 0.05) is 29.2 Å². The Bertz CT molecular complexity index is 726. The SMILES string of the molecule is CN1[C@@H]2CCC[C@H]1CC(NC(=O)c1n[nH]c3ccc(N)cc13)C2. The number of amides is 1.